The maximum Gasteiger partial charge on any atom is 0.147 e. The van der Waals surface area contributed by atoms with Crippen LogP contribution in [0.15, 0.2) is 0 Å². The molecule has 2 unspecified atom stereocenters. The molecule has 0 bridgehead atoms. The highest BCUT2D eigenvalue weighted by Crippen LogP contribution is 2.60. The van der Waals surface area contributed by atoms with E-state index >= 15 is 0 Å². The molecule has 0 amide bonds. The predicted octanol–water partition coefficient (Wildman–Crippen LogP) is 1.79. The standard InChI is InChI=1S/C9H16O2/c1-8(2)6-7(9(8,3)4)11-5-10-6/h6-7H,5H2,1-4H3. The van der Waals surface area contributed by atoms with Crippen molar-refractivity contribution in [1.29, 1.82) is 0 Å². The van der Waals surface area contributed by atoms with E-state index in [9.17, 15) is 0 Å². The average molecular weight is 156 g/mol. The zero-order valence-corrected chi connectivity index (χ0v) is 7.68. The summed E-state index contributed by atoms with van der Waals surface area (Å²) in [4.78, 5) is 0. The lowest BCUT2D eigenvalue weighted by Crippen LogP contribution is -2.65. The summed E-state index contributed by atoms with van der Waals surface area (Å²) in [6.45, 7) is 9.50. The Bertz CT molecular complexity index is 164. The number of hydrogen-bond acceptors (Lipinski definition) is 2. The van der Waals surface area contributed by atoms with E-state index in [2.05, 4.69) is 27.7 Å². The topological polar surface area (TPSA) is 18.5 Å². The van der Waals surface area contributed by atoms with Gasteiger partial charge in [-0.05, 0) is 0 Å². The molecule has 2 fully saturated rings. The Labute approximate surface area is 67.9 Å². The summed E-state index contributed by atoms with van der Waals surface area (Å²) in [5.74, 6) is 0. The van der Waals surface area contributed by atoms with Crippen LogP contribution in [0.1, 0.15) is 27.7 Å². The average Bonchev–Trinajstić information content (AvgIpc) is 2.32. The third-order valence-electron chi connectivity index (χ3n) is 3.85. The molecule has 1 aliphatic carbocycles. The molecule has 1 heterocycles. The van der Waals surface area contributed by atoms with E-state index in [1.165, 1.54) is 0 Å². The monoisotopic (exact) mass is 156 g/mol. The van der Waals surface area contributed by atoms with Crippen LogP contribution in [0.5, 0.6) is 0 Å². The molecule has 1 saturated carbocycles. The zero-order valence-electron chi connectivity index (χ0n) is 7.68. The van der Waals surface area contributed by atoms with Gasteiger partial charge in [0, 0.05) is 10.8 Å². The van der Waals surface area contributed by atoms with Crippen LogP contribution in [0.4, 0.5) is 0 Å². The minimum atomic E-state index is 0.272. The summed E-state index contributed by atoms with van der Waals surface area (Å²) in [5, 5.41) is 0. The molecule has 0 aromatic rings. The second-order valence-electron chi connectivity index (χ2n) is 4.74. The summed E-state index contributed by atoms with van der Waals surface area (Å²) in [7, 11) is 0. The Morgan fingerprint density at radius 1 is 0.909 bits per heavy atom. The molecule has 0 aromatic heterocycles. The first-order valence-corrected chi connectivity index (χ1v) is 4.21. The van der Waals surface area contributed by atoms with Crippen molar-refractivity contribution in [2.75, 3.05) is 6.79 Å². The van der Waals surface area contributed by atoms with E-state index < -0.39 is 0 Å². The number of fused-ring (bicyclic) bond motifs is 1. The molecule has 2 nitrogen and oxygen atoms in total. The summed E-state index contributed by atoms with van der Waals surface area (Å²) in [5.41, 5.74) is 0.544. The van der Waals surface area contributed by atoms with Gasteiger partial charge in [0.1, 0.15) is 6.79 Å². The van der Waals surface area contributed by atoms with Crippen LogP contribution < -0.4 is 0 Å². The van der Waals surface area contributed by atoms with Gasteiger partial charge < -0.3 is 9.47 Å². The molecule has 2 rings (SSSR count). The highest BCUT2D eigenvalue weighted by atomic mass is 16.7. The number of rotatable bonds is 0. The molecular weight excluding hydrogens is 140 g/mol. The largest absolute Gasteiger partial charge is 0.349 e. The quantitative estimate of drug-likeness (QED) is 0.532. The fraction of sp³-hybridized carbons (Fsp3) is 1.00. The SMILES string of the molecule is CC1(C)C2OCOC2C1(C)C. The Morgan fingerprint density at radius 2 is 1.27 bits per heavy atom. The summed E-state index contributed by atoms with van der Waals surface area (Å²) in [6, 6.07) is 0. The molecule has 2 aliphatic rings. The van der Waals surface area contributed by atoms with Gasteiger partial charge in [0.05, 0.1) is 12.2 Å². The van der Waals surface area contributed by atoms with Gasteiger partial charge in [-0.15, -0.1) is 0 Å². The molecular formula is C9H16O2. The van der Waals surface area contributed by atoms with Crippen LogP contribution in [-0.4, -0.2) is 19.0 Å². The van der Waals surface area contributed by atoms with Crippen LogP contribution >= 0.6 is 0 Å². The highest BCUT2D eigenvalue weighted by Gasteiger charge is 2.65. The Hall–Kier alpha value is -0.0800. The lowest BCUT2D eigenvalue weighted by molar-refractivity contribution is -0.188. The van der Waals surface area contributed by atoms with E-state index in [0.717, 1.165) is 0 Å². The Kier molecular flexibility index (Phi) is 1.24. The maximum absolute atomic E-state index is 5.48. The third kappa shape index (κ3) is 0.651. The lowest BCUT2D eigenvalue weighted by atomic mass is 9.49. The smallest absolute Gasteiger partial charge is 0.147 e. The van der Waals surface area contributed by atoms with Crippen molar-refractivity contribution in [1.82, 2.24) is 0 Å². The van der Waals surface area contributed by atoms with Gasteiger partial charge in [0.25, 0.3) is 0 Å². The van der Waals surface area contributed by atoms with E-state index in [-0.39, 0.29) is 10.8 Å². The Morgan fingerprint density at radius 3 is 1.64 bits per heavy atom. The van der Waals surface area contributed by atoms with Crippen molar-refractivity contribution in [3.05, 3.63) is 0 Å². The molecule has 64 valence electrons. The normalized spacial score (nSPS) is 44.7. The second kappa shape index (κ2) is 1.80. The van der Waals surface area contributed by atoms with Crippen molar-refractivity contribution in [2.24, 2.45) is 10.8 Å². The minimum absolute atomic E-state index is 0.272. The van der Waals surface area contributed by atoms with E-state index in [1.54, 1.807) is 0 Å². The number of ether oxygens (including phenoxy) is 2. The Balaban J connectivity index is 2.26. The van der Waals surface area contributed by atoms with Crippen molar-refractivity contribution >= 4 is 0 Å². The second-order valence-corrected chi connectivity index (χ2v) is 4.74. The molecule has 0 N–H and O–H groups in total. The van der Waals surface area contributed by atoms with Crippen molar-refractivity contribution < 1.29 is 9.47 Å². The van der Waals surface area contributed by atoms with Crippen LogP contribution in [0.2, 0.25) is 0 Å². The van der Waals surface area contributed by atoms with Gasteiger partial charge in [-0.3, -0.25) is 0 Å². The minimum Gasteiger partial charge on any atom is -0.349 e. The molecule has 11 heavy (non-hydrogen) atoms. The van der Waals surface area contributed by atoms with E-state index in [4.69, 9.17) is 9.47 Å². The lowest BCUT2D eigenvalue weighted by Gasteiger charge is -2.59. The van der Waals surface area contributed by atoms with Crippen LogP contribution in [-0.2, 0) is 9.47 Å². The van der Waals surface area contributed by atoms with Crippen LogP contribution in [0.3, 0.4) is 0 Å². The molecule has 0 radical (unpaired) electrons. The summed E-state index contributed by atoms with van der Waals surface area (Å²) in [6.07, 6.45) is 0.662. The van der Waals surface area contributed by atoms with Gasteiger partial charge in [-0.25, -0.2) is 0 Å². The van der Waals surface area contributed by atoms with Gasteiger partial charge in [0.2, 0.25) is 0 Å². The predicted molar refractivity (Wildman–Crippen MR) is 42.2 cm³/mol. The molecule has 0 spiro atoms. The summed E-state index contributed by atoms with van der Waals surface area (Å²) < 4.78 is 11.0. The molecule has 2 heteroatoms. The van der Waals surface area contributed by atoms with Gasteiger partial charge in [0.15, 0.2) is 0 Å². The molecule has 1 aliphatic heterocycles. The van der Waals surface area contributed by atoms with Gasteiger partial charge in [-0.2, -0.15) is 0 Å². The highest BCUT2D eigenvalue weighted by molar-refractivity contribution is 5.13. The third-order valence-corrected chi connectivity index (χ3v) is 3.85. The first kappa shape index (κ1) is 7.56. The molecule has 1 saturated heterocycles. The van der Waals surface area contributed by atoms with E-state index in [1.807, 2.05) is 0 Å². The van der Waals surface area contributed by atoms with Gasteiger partial charge in [-0.1, -0.05) is 27.7 Å². The van der Waals surface area contributed by atoms with E-state index in [0.29, 0.717) is 19.0 Å². The fourth-order valence-corrected chi connectivity index (χ4v) is 2.17. The van der Waals surface area contributed by atoms with Crippen molar-refractivity contribution in [3.63, 3.8) is 0 Å². The van der Waals surface area contributed by atoms with Crippen molar-refractivity contribution in [3.8, 4) is 0 Å². The maximum atomic E-state index is 5.48. The van der Waals surface area contributed by atoms with Crippen LogP contribution in [0.25, 0.3) is 0 Å². The fourth-order valence-electron chi connectivity index (χ4n) is 2.17. The zero-order chi connectivity index (χ0) is 8.28. The molecule has 0 aromatic carbocycles. The first-order chi connectivity index (χ1) is 4.98. The summed E-state index contributed by atoms with van der Waals surface area (Å²) >= 11 is 0. The van der Waals surface area contributed by atoms with Crippen LogP contribution in [0, 0.1) is 10.8 Å². The van der Waals surface area contributed by atoms with Gasteiger partial charge >= 0.3 is 0 Å². The number of hydrogen-bond donors (Lipinski definition) is 0. The van der Waals surface area contributed by atoms with Crippen molar-refractivity contribution in [2.45, 2.75) is 39.9 Å². The first-order valence-electron chi connectivity index (χ1n) is 4.21. The molecule has 2 atom stereocenters.